The van der Waals surface area contributed by atoms with Gasteiger partial charge >= 0.3 is 5.69 Å². The Morgan fingerprint density at radius 1 is 1.43 bits per heavy atom. The number of hydrogen-bond acceptors (Lipinski definition) is 5. The number of nitrogens with one attached hydrogen (secondary N) is 1. The molecule has 0 unspecified atom stereocenters. The maximum absolute atomic E-state index is 13.0. The minimum atomic E-state index is -0.712. The van der Waals surface area contributed by atoms with E-state index in [0.717, 1.165) is 25.2 Å². The first-order valence-corrected chi connectivity index (χ1v) is 6.63. The third-order valence-electron chi connectivity index (χ3n) is 3.16. The van der Waals surface area contributed by atoms with Gasteiger partial charge in [0, 0.05) is 26.2 Å². The molecular weight excluding hydrogens is 281 g/mol. The van der Waals surface area contributed by atoms with Gasteiger partial charge in [0.15, 0.2) is 5.75 Å². The highest BCUT2D eigenvalue weighted by Crippen LogP contribution is 2.27. The van der Waals surface area contributed by atoms with Gasteiger partial charge in [-0.3, -0.25) is 14.9 Å². The molecule has 1 aliphatic rings. The average Bonchev–Trinajstić information content (AvgIpc) is 2.49. The highest BCUT2D eigenvalue weighted by Gasteiger charge is 2.18. The first kappa shape index (κ1) is 15.2. The first-order chi connectivity index (χ1) is 10.1. The van der Waals surface area contributed by atoms with Crippen LogP contribution in [-0.2, 0) is 4.79 Å². The Morgan fingerprint density at radius 3 is 2.81 bits per heavy atom. The van der Waals surface area contributed by atoms with Crippen molar-refractivity contribution in [1.82, 2.24) is 10.2 Å². The van der Waals surface area contributed by atoms with Crippen molar-refractivity contribution < 1.29 is 18.8 Å². The van der Waals surface area contributed by atoms with E-state index in [2.05, 4.69) is 5.32 Å². The van der Waals surface area contributed by atoms with Crippen LogP contribution >= 0.6 is 0 Å². The number of rotatable bonds is 5. The molecule has 2 rings (SSSR count). The van der Waals surface area contributed by atoms with Gasteiger partial charge in [-0.05, 0) is 12.1 Å². The van der Waals surface area contributed by atoms with Gasteiger partial charge in [-0.2, -0.15) is 0 Å². The van der Waals surface area contributed by atoms with Gasteiger partial charge in [-0.1, -0.05) is 0 Å². The van der Waals surface area contributed by atoms with Gasteiger partial charge < -0.3 is 15.0 Å². The zero-order valence-corrected chi connectivity index (χ0v) is 11.4. The molecule has 1 aromatic carbocycles. The molecule has 8 heteroatoms. The quantitative estimate of drug-likeness (QED) is 0.645. The number of ether oxygens (including phenoxy) is 1. The van der Waals surface area contributed by atoms with Gasteiger partial charge in [-0.15, -0.1) is 0 Å². The van der Waals surface area contributed by atoms with Crippen molar-refractivity contribution in [1.29, 1.82) is 0 Å². The van der Waals surface area contributed by atoms with Crippen molar-refractivity contribution in [3.8, 4) is 5.75 Å². The maximum Gasteiger partial charge on any atom is 0.313 e. The number of piperazine rings is 1. The van der Waals surface area contributed by atoms with Crippen LogP contribution in [0.2, 0.25) is 0 Å². The number of carbonyl (C=O) groups excluding carboxylic acids is 1. The molecule has 1 aliphatic heterocycles. The molecule has 1 saturated heterocycles. The highest BCUT2D eigenvalue weighted by atomic mass is 19.1. The Hall–Kier alpha value is -2.22. The van der Waals surface area contributed by atoms with Crippen LogP contribution in [0.15, 0.2) is 18.2 Å². The third kappa shape index (κ3) is 4.12. The van der Waals surface area contributed by atoms with Gasteiger partial charge in [0.05, 0.1) is 24.0 Å². The Labute approximate surface area is 120 Å². The van der Waals surface area contributed by atoms with Gasteiger partial charge in [0.1, 0.15) is 5.82 Å². The summed E-state index contributed by atoms with van der Waals surface area (Å²) in [6.45, 7) is 2.84. The second-order valence-corrected chi connectivity index (χ2v) is 4.60. The standard InChI is InChI=1S/C13H16FN3O4/c14-10-1-2-12(11(9-10)17(19)20)21-8-3-13(18)16-6-4-15-5-7-16/h1-2,9,15H,3-8H2. The molecule has 1 amide bonds. The molecule has 0 radical (unpaired) electrons. The number of amides is 1. The summed E-state index contributed by atoms with van der Waals surface area (Å²) in [6.07, 6.45) is 0.133. The predicted octanol–water partition coefficient (Wildman–Crippen LogP) is 0.935. The molecule has 114 valence electrons. The van der Waals surface area contributed by atoms with Crippen LogP contribution in [0.4, 0.5) is 10.1 Å². The normalized spacial score (nSPS) is 14.8. The molecule has 0 aliphatic carbocycles. The molecule has 21 heavy (non-hydrogen) atoms. The van der Waals surface area contributed by atoms with Gasteiger partial charge in [-0.25, -0.2) is 4.39 Å². The zero-order chi connectivity index (χ0) is 15.2. The summed E-state index contributed by atoms with van der Waals surface area (Å²) in [5, 5.41) is 13.9. The molecule has 7 nitrogen and oxygen atoms in total. The van der Waals surface area contributed by atoms with E-state index in [0.29, 0.717) is 13.1 Å². The van der Waals surface area contributed by atoms with Gasteiger partial charge in [0.2, 0.25) is 5.91 Å². The second kappa shape index (κ2) is 6.98. The molecule has 0 saturated carbocycles. The van der Waals surface area contributed by atoms with E-state index in [1.54, 1.807) is 4.90 Å². The van der Waals surface area contributed by atoms with Gasteiger partial charge in [0.25, 0.3) is 0 Å². The van der Waals surface area contributed by atoms with Crippen LogP contribution in [0.25, 0.3) is 0 Å². The van der Waals surface area contributed by atoms with E-state index in [9.17, 15) is 19.3 Å². The molecule has 0 aromatic heterocycles. The first-order valence-electron chi connectivity index (χ1n) is 6.63. The van der Waals surface area contributed by atoms with E-state index in [1.165, 1.54) is 6.07 Å². The summed E-state index contributed by atoms with van der Waals surface area (Å²) in [7, 11) is 0. The zero-order valence-electron chi connectivity index (χ0n) is 11.4. The van der Waals surface area contributed by atoms with Crippen molar-refractivity contribution >= 4 is 11.6 Å². The topological polar surface area (TPSA) is 84.7 Å². The predicted molar refractivity (Wildman–Crippen MR) is 72.6 cm³/mol. The van der Waals surface area contributed by atoms with Crippen LogP contribution < -0.4 is 10.1 Å². The number of halogens is 1. The summed E-state index contributed by atoms with van der Waals surface area (Å²) in [5.41, 5.74) is -0.440. The average molecular weight is 297 g/mol. The fraction of sp³-hybridized carbons (Fsp3) is 0.462. The second-order valence-electron chi connectivity index (χ2n) is 4.60. The molecule has 1 N–H and O–H groups in total. The molecule has 0 spiro atoms. The van der Waals surface area contributed by atoms with Crippen molar-refractivity contribution in [3.63, 3.8) is 0 Å². The minimum Gasteiger partial charge on any atom is -0.486 e. The fourth-order valence-electron chi connectivity index (χ4n) is 2.08. The highest BCUT2D eigenvalue weighted by molar-refractivity contribution is 5.76. The molecule has 1 fully saturated rings. The largest absolute Gasteiger partial charge is 0.486 e. The molecule has 1 aromatic rings. The summed E-state index contributed by atoms with van der Waals surface area (Å²) in [5.74, 6) is -0.790. The van der Waals surface area contributed by atoms with E-state index >= 15 is 0 Å². The summed E-state index contributed by atoms with van der Waals surface area (Å²) >= 11 is 0. The van der Waals surface area contributed by atoms with E-state index in [-0.39, 0.29) is 24.7 Å². The van der Waals surface area contributed by atoms with Crippen molar-refractivity contribution in [2.45, 2.75) is 6.42 Å². The molecule has 0 atom stereocenters. The lowest BCUT2D eigenvalue weighted by Crippen LogP contribution is -2.46. The Balaban J connectivity index is 1.88. The Morgan fingerprint density at radius 2 is 2.14 bits per heavy atom. The van der Waals surface area contributed by atoms with Crippen molar-refractivity contribution in [3.05, 3.63) is 34.1 Å². The van der Waals surface area contributed by atoms with Crippen LogP contribution in [0.1, 0.15) is 6.42 Å². The monoisotopic (exact) mass is 297 g/mol. The molecule has 0 bridgehead atoms. The SMILES string of the molecule is O=C(CCOc1ccc(F)cc1[N+](=O)[O-])N1CCNCC1. The lowest BCUT2D eigenvalue weighted by Gasteiger charge is -2.27. The summed E-state index contributed by atoms with van der Waals surface area (Å²) in [4.78, 5) is 23.7. The summed E-state index contributed by atoms with van der Waals surface area (Å²) in [6, 6.07) is 3.08. The molecule has 1 heterocycles. The van der Waals surface area contributed by atoms with Crippen LogP contribution in [0.3, 0.4) is 0 Å². The number of nitrogens with zero attached hydrogens (tertiary/aromatic N) is 2. The fourth-order valence-corrected chi connectivity index (χ4v) is 2.08. The molecular formula is C13H16FN3O4. The lowest BCUT2D eigenvalue weighted by molar-refractivity contribution is -0.386. The minimum absolute atomic E-state index is 0.0230. The smallest absolute Gasteiger partial charge is 0.313 e. The number of carbonyl (C=O) groups is 1. The van der Waals surface area contributed by atoms with E-state index in [4.69, 9.17) is 4.74 Å². The van der Waals surface area contributed by atoms with Crippen molar-refractivity contribution in [2.75, 3.05) is 32.8 Å². The van der Waals surface area contributed by atoms with Crippen molar-refractivity contribution in [2.24, 2.45) is 0 Å². The lowest BCUT2D eigenvalue weighted by atomic mass is 10.3. The van der Waals surface area contributed by atoms with Crippen LogP contribution in [0, 0.1) is 15.9 Å². The summed E-state index contributed by atoms with van der Waals surface area (Å²) < 4.78 is 18.2. The Kier molecular flexibility index (Phi) is 5.04. The number of nitro groups is 1. The van der Waals surface area contributed by atoms with Crippen LogP contribution in [0.5, 0.6) is 5.75 Å². The van der Waals surface area contributed by atoms with Crippen LogP contribution in [-0.4, -0.2) is 48.5 Å². The Bertz CT molecular complexity index is 532. The number of hydrogen-bond donors (Lipinski definition) is 1. The number of nitro benzene ring substituents is 1. The maximum atomic E-state index is 13.0. The van der Waals surface area contributed by atoms with E-state index in [1.807, 2.05) is 0 Å². The van der Waals surface area contributed by atoms with E-state index < -0.39 is 16.4 Å². The number of benzene rings is 1. The third-order valence-corrected chi connectivity index (χ3v) is 3.16.